The third-order valence-electron chi connectivity index (χ3n) is 6.47. The van der Waals surface area contributed by atoms with E-state index in [-0.39, 0.29) is 28.5 Å². The number of anilines is 1. The molecule has 1 aliphatic carbocycles. The number of carbonyl (C=O) groups excluding carboxylic acids is 1. The van der Waals surface area contributed by atoms with E-state index in [4.69, 9.17) is 4.74 Å². The molecule has 166 valence electrons. The molecule has 0 radical (unpaired) electrons. The molecule has 3 rings (SSSR count). The second-order valence-corrected chi connectivity index (χ2v) is 8.64. The minimum absolute atomic E-state index is 0.0389. The molecule has 0 unspecified atom stereocenters. The van der Waals surface area contributed by atoms with Crippen LogP contribution in [0.5, 0.6) is 0 Å². The number of para-hydroxylation sites is 2. The summed E-state index contributed by atoms with van der Waals surface area (Å²) in [5, 5.41) is 14.7. The van der Waals surface area contributed by atoms with Crippen LogP contribution in [0.15, 0.2) is 24.3 Å². The van der Waals surface area contributed by atoms with Gasteiger partial charge in [0.2, 0.25) is 0 Å². The summed E-state index contributed by atoms with van der Waals surface area (Å²) in [7, 11) is 0. The van der Waals surface area contributed by atoms with Crippen molar-refractivity contribution in [2.24, 2.45) is 11.8 Å². The number of nitro groups is 1. The number of hydrogen-bond donors (Lipinski definition) is 1. The summed E-state index contributed by atoms with van der Waals surface area (Å²) in [5.74, 6) is 0.163. The van der Waals surface area contributed by atoms with Crippen molar-refractivity contribution in [3.05, 3.63) is 34.4 Å². The van der Waals surface area contributed by atoms with Crippen molar-refractivity contribution in [1.29, 1.82) is 0 Å². The Hall–Kier alpha value is -2.15. The molecule has 1 aromatic carbocycles. The van der Waals surface area contributed by atoms with E-state index in [1.165, 1.54) is 51.0 Å². The van der Waals surface area contributed by atoms with Crippen LogP contribution in [0.1, 0.15) is 58.3 Å². The largest absolute Gasteiger partial charge is 0.466 e. The fourth-order valence-electron chi connectivity index (χ4n) is 4.89. The highest BCUT2D eigenvalue weighted by Crippen LogP contribution is 2.30. The van der Waals surface area contributed by atoms with Crippen molar-refractivity contribution >= 4 is 17.3 Å². The number of likely N-dealkylation sites (tertiary alicyclic amines) is 1. The van der Waals surface area contributed by atoms with Crippen LogP contribution in [0.25, 0.3) is 0 Å². The summed E-state index contributed by atoms with van der Waals surface area (Å²) in [6, 6.07) is 6.47. The van der Waals surface area contributed by atoms with Crippen LogP contribution in [0, 0.1) is 22.0 Å². The smallest absolute Gasteiger partial charge is 0.312 e. The Morgan fingerprint density at radius 3 is 2.57 bits per heavy atom. The van der Waals surface area contributed by atoms with Crippen LogP contribution in [-0.4, -0.2) is 48.1 Å². The van der Waals surface area contributed by atoms with E-state index in [2.05, 4.69) is 10.2 Å². The van der Waals surface area contributed by atoms with E-state index in [1.807, 2.05) is 6.92 Å². The standard InChI is InChI=1S/C23H35N3O4/c1-2-30-23(27)19-17-25(16-18-10-6-4-3-5-7-11-18)15-14-20(19)24-21-12-8-9-13-22(21)26(28)29/h8-9,12-13,18-20,24H,2-7,10-11,14-17H2,1H3/t19-,20+/m0/s1. The van der Waals surface area contributed by atoms with Crippen LogP contribution in [0.4, 0.5) is 11.4 Å². The number of nitrogens with zero attached hydrogens (tertiary/aromatic N) is 2. The number of nitro benzene ring substituents is 1. The lowest BCUT2D eigenvalue weighted by Crippen LogP contribution is -2.51. The van der Waals surface area contributed by atoms with Crippen molar-refractivity contribution in [1.82, 2.24) is 4.90 Å². The van der Waals surface area contributed by atoms with E-state index in [0.29, 0.717) is 24.8 Å². The maximum Gasteiger partial charge on any atom is 0.312 e. The molecule has 0 aromatic heterocycles. The normalized spacial score (nSPS) is 23.9. The lowest BCUT2D eigenvalue weighted by Gasteiger charge is -2.39. The van der Waals surface area contributed by atoms with Gasteiger partial charge in [-0.2, -0.15) is 0 Å². The number of ether oxygens (including phenoxy) is 1. The molecule has 30 heavy (non-hydrogen) atoms. The molecule has 0 bridgehead atoms. The van der Waals surface area contributed by atoms with Gasteiger partial charge < -0.3 is 15.0 Å². The van der Waals surface area contributed by atoms with Gasteiger partial charge in [0.15, 0.2) is 0 Å². The number of carbonyl (C=O) groups is 1. The number of hydrogen-bond acceptors (Lipinski definition) is 6. The van der Waals surface area contributed by atoms with Gasteiger partial charge >= 0.3 is 5.97 Å². The Labute approximate surface area is 179 Å². The molecule has 1 aromatic rings. The van der Waals surface area contributed by atoms with Crippen molar-refractivity contribution in [2.45, 2.75) is 64.3 Å². The Morgan fingerprint density at radius 2 is 1.87 bits per heavy atom. The quantitative estimate of drug-likeness (QED) is 0.396. The average molecular weight is 418 g/mol. The number of nitrogens with one attached hydrogen (secondary N) is 1. The van der Waals surface area contributed by atoms with Crippen LogP contribution in [0.3, 0.4) is 0 Å². The highest BCUT2D eigenvalue weighted by atomic mass is 16.6. The maximum absolute atomic E-state index is 12.7. The summed E-state index contributed by atoms with van der Waals surface area (Å²) in [6.45, 7) is 4.74. The molecule has 1 saturated heterocycles. The fourth-order valence-corrected chi connectivity index (χ4v) is 4.89. The lowest BCUT2D eigenvalue weighted by molar-refractivity contribution is -0.384. The SMILES string of the molecule is CCOC(=O)[C@H]1CN(CC2CCCCCCC2)CC[C@H]1Nc1ccccc1[N+](=O)[O-]. The molecule has 1 heterocycles. The second-order valence-electron chi connectivity index (χ2n) is 8.64. The molecule has 2 aliphatic rings. The first kappa shape index (κ1) is 22.5. The van der Waals surface area contributed by atoms with Gasteiger partial charge in [-0.1, -0.05) is 44.2 Å². The van der Waals surface area contributed by atoms with Gasteiger partial charge in [0, 0.05) is 31.7 Å². The Kier molecular flexibility index (Phi) is 8.49. The van der Waals surface area contributed by atoms with Gasteiger partial charge in [-0.3, -0.25) is 14.9 Å². The first-order valence-corrected chi connectivity index (χ1v) is 11.5. The molecule has 0 amide bonds. The zero-order valence-electron chi connectivity index (χ0n) is 18.1. The van der Waals surface area contributed by atoms with Crippen molar-refractivity contribution in [3.8, 4) is 0 Å². The molecule has 0 spiro atoms. The summed E-state index contributed by atoms with van der Waals surface area (Å²) < 4.78 is 5.36. The molecular weight excluding hydrogens is 382 g/mol. The number of rotatable bonds is 7. The summed E-state index contributed by atoms with van der Waals surface area (Å²) in [6.07, 6.45) is 9.97. The molecule has 7 heteroatoms. The Balaban J connectivity index is 1.68. The molecule has 7 nitrogen and oxygen atoms in total. The van der Waals surface area contributed by atoms with Gasteiger partial charge in [0.1, 0.15) is 5.69 Å². The van der Waals surface area contributed by atoms with Gasteiger partial charge in [-0.05, 0) is 38.2 Å². The van der Waals surface area contributed by atoms with Gasteiger partial charge in [0.25, 0.3) is 5.69 Å². The third-order valence-corrected chi connectivity index (χ3v) is 6.47. The fraction of sp³-hybridized carbons (Fsp3) is 0.696. The van der Waals surface area contributed by atoms with E-state index in [0.717, 1.165) is 19.5 Å². The molecule has 1 N–H and O–H groups in total. The monoisotopic (exact) mass is 417 g/mol. The third kappa shape index (κ3) is 6.17. The number of esters is 1. The number of benzene rings is 1. The van der Waals surface area contributed by atoms with Crippen molar-refractivity contribution in [3.63, 3.8) is 0 Å². The molecular formula is C23H35N3O4. The highest BCUT2D eigenvalue weighted by molar-refractivity contribution is 5.75. The zero-order chi connectivity index (χ0) is 21.3. The molecule has 1 aliphatic heterocycles. The Morgan fingerprint density at radius 1 is 1.17 bits per heavy atom. The van der Waals surface area contributed by atoms with Crippen molar-refractivity contribution in [2.75, 3.05) is 31.6 Å². The number of piperidine rings is 1. The minimum Gasteiger partial charge on any atom is -0.466 e. The highest BCUT2D eigenvalue weighted by Gasteiger charge is 2.36. The van der Waals surface area contributed by atoms with Crippen LogP contribution in [0.2, 0.25) is 0 Å². The average Bonchev–Trinajstić information content (AvgIpc) is 2.71. The van der Waals surface area contributed by atoms with E-state index in [1.54, 1.807) is 18.2 Å². The van der Waals surface area contributed by atoms with Gasteiger partial charge in [-0.15, -0.1) is 0 Å². The van der Waals surface area contributed by atoms with E-state index < -0.39 is 0 Å². The van der Waals surface area contributed by atoms with Gasteiger partial charge in [0.05, 0.1) is 17.4 Å². The maximum atomic E-state index is 12.7. The topological polar surface area (TPSA) is 84.7 Å². The lowest BCUT2D eigenvalue weighted by atomic mass is 9.88. The molecule has 2 atom stereocenters. The van der Waals surface area contributed by atoms with Crippen LogP contribution >= 0.6 is 0 Å². The van der Waals surface area contributed by atoms with Crippen molar-refractivity contribution < 1.29 is 14.5 Å². The van der Waals surface area contributed by atoms with Crippen LogP contribution < -0.4 is 5.32 Å². The first-order chi connectivity index (χ1) is 14.6. The zero-order valence-corrected chi connectivity index (χ0v) is 18.1. The summed E-state index contributed by atoms with van der Waals surface area (Å²) >= 11 is 0. The predicted molar refractivity (Wildman–Crippen MR) is 117 cm³/mol. The molecule has 2 fully saturated rings. The first-order valence-electron chi connectivity index (χ1n) is 11.5. The van der Waals surface area contributed by atoms with E-state index in [9.17, 15) is 14.9 Å². The molecule has 1 saturated carbocycles. The Bertz CT molecular complexity index is 703. The summed E-state index contributed by atoms with van der Waals surface area (Å²) in [5.41, 5.74) is 0.507. The van der Waals surface area contributed by atoms with E-state index >= 15 is 0 Å². The predicted octanol–water partition coefficient (Wildman–Crippen LogP) is 4.62. The van der Waals surface area contributed by atoms with Gasteiger partial charge in [-0.25, -0.2) is 0 Å². The minimum atomic E-state index is -0.383. The van der Waals surface area contributed by atoms with Crippen LogP contribution in [-0.2, 0) is 9.53 Å². The second kappa shape index (κ2) is 11.3. The summed E-state index contributed by atoms with van der Waals surface area (Å²) in [4.78, 5) is 26.1.